The zero-order chi connectivity index (χ0) is 15.6. The van der Waals surface area contributed by atoms with Crippen LogP contribution in [0.1, 0.15) is 5.56 Å². The summed E-state index contributed by atoms with van der Waals surface area (Å²) in [4.78, 5) is 4.86. The molecule has 1 N–H and O–H groups in total. The quantitative estimate of drug-likeness (QED) is 0.789. The summed E-state index contributed by atoms with van der Waals surface area (Å²) in [5.41, 5.74) is 2.60. The van der Waals surface area contributed by atoms with Crippen LogP contribution in [0.25, 0.3) is 10.4 Å². The van der Waals surface area contributed by atoms with Crippen molar-refractivity contribution in [3.8, 4) is 10.4 Å². The highest BCUT2D eigenvalue weighted by Crippen LogP contribution is 2.31. The van der Waals surface area contributed by atoms with Gasteiger partial charge in [-0.2, -0.15) is 0 Å². The van der Waals surface area contributed by atoms with E-state index in [1.807, 2.05) is 37.3 Å². The number of thiophene rings is 1. The van der Waals surface area contributed by atoms with Gasteiger partial charge >= 0.3 is 0 Å². The number of nitrogens with one attached hydrogen (secondary N) is 1. The summed E-state index contributed by atoms with van der Waals surface area (Å²) < 4.78 is 27.7. The van der Waals surface area contributed by atoms with E-state index in [4.69, 9.17) is 0 Å². The van der Waals surface area contributed by atoms with E-state index in [9.17, 15) is 8.42 Å². The third-order valence-corrected chi connectivity index (χ3v) is 6.12. The molecule has 0 aliphatic carbocycles. The van der Waals surface area contributed by atoms with E-state index in [2.05, 4.69) is 9.71 Å². The maximum absolute atomic E-state index is 12.4. The molecule has 2 heterocycles. The van der Waals surface area contributed by atoms with E-state index in [1.54, 1.807) is 30.6 Å². The highest BCUT2D eigenvalue weighted by atomic mass is 32.2. The Bertz CT molecular complexity index is 870. The van der Waals surface area contributed by atoms with Gasteiger partial charge < -0.3 is 0 Å². The van der Waals surface area contributed by atoms with E-state index in [0.717, 1.165) is 16.0 Å². The largest absolute Gasteiger partial charge is 0.279 e. The van der Waals surface area contributed by atoms with Crippen molar-refractivity contribution in [2.24, 2.45) is 0 Å². The molecule has 0 aliphatic rings. The van der Waals surface area contributed by atoms with Gasteiger partial charge in [-0.05, 0) is 48.9 Å². The fourth-order valence-electron chi connectivity index (χ4n) is 1.96. The van der Waals surface area contributed by atoms with Crippen LogP contribution in [0.4, 0.5) is 5.69 Å². The second-order valence-corrected chi connectivity index (χ2v) is 7.82. The monoisotopic (exact) mass is 330 g/mol. The van der Waals surface area contributed by atoms with Gasteiger partial charge in [0.25, 0.3) is 10.0 Å². The molecule has 3 rings (SSSR count). The Balaban J connectivity index is 1.87. The van der Waals surface area contributed by atoms with Gasteiger partial charge in [-0.1, -0.05) is 17.7 Å². The first-order valence-corrected chi connectivity index (χ1v) is 8.94. The van der Waals surface area contributed by atoms with Gasteiger partial charge in [0.05, 0.1) is 0 Å². The van der Waals surface area contributed by atoms with Crippen molar-refractivity contribution < 1.29 is 8.42 Å². The fourth-order valence-corrected chi connectivity index (χ4v) is 4.33. The van der Waals surface area contributed by atoms with Crippen molar-refractivity contribution >= 4 is 27.0 Å². The topological polar surface area (TPSA) is 59.1 Å². The Kier molecular flexibility index (Phi) is 3.96. The molecule has 0 saturated carbocycles. The Labute approximate surface area is 133 Å². The average molecular weight is 330 g/mol. The molecule has 0 spiro atoms. The fraction of sp³-hybridized carbons (Fsp3) is 0.0625. The van der Waals surface area contributed by atoms with Gasteiger partial charge in [-0.3, -0.25) is 9.71 Å². The van der Waals surface area contributed by atoms with Crippen LogP contribution in [0.2, 0.25) is 0 Å². The Morgan fingerprint density at radius 1 is 0.955 bits per heavy atom. The van der Waals surface area contributed by atoms with Gasteiger partial charge in [0.1, 0.15) is 4.21 Å². The molecule has 0 saturated heterocycles. The molecule has 0 fully saturated rings. The van der Waals surface area contributed by atoms with E-state index in [0.29, 0.717) is 9.90 Å². The predicted molar refractivity (Wildman–Crippen MR) is 89.5 cm³/mol. The molecule has 4 nitrogen and oxygen atoms in total. The molecule has 112 valence electrons. The van der Waals surface area contributed by atoms with Gasteiger partial charge in [-0.15, -0.1) is 11.3 Å². The number of aromatic nitrogens is 1. The Morgan fingerprint density at radius 2 is 1.64 bits per heavy atom. The summed E-state index contributed by atoms with van der Waals surface area (Å²) >= 11 is 1.24. The highest BCUT2D eigenvalue weighted by Gasteiger charge is 2.17. The minimum Gasteiger partial charge on any atom is -0.279 e. The zero-order valence-corrected chi connectivity index (χ0v) is 13.5. The average Bonchev–Trinajstić information content (AvgIpc) is 3.01. The lowest BCUT2D eigenvalue weighted by Crippen LogP contribution is -2.11. The Hall–Kier alpha value is -2.18. The molecule has 3 aromatic rings. The summed E-state index contributed by atoms with van der Waals surface area (Å²) in [5.74, 6) is 0. The number of benzene rings is 1. The summed E-state index contributed by atoms with van der Waals surface area (Å²) in [6.45, 7) is 1.96. The molecule has 2 aromatic heterocycles. The number of hydrogen-bond acceptors (Lipinski definition) is 4. The van der Waals surface area contributed by atoms with Crippen molar-refractivity contribution in [3.63, 3.8) is 0 Å². The van der Waals surface area contributed by atoms with Crippen LogP contribution in [0, 0.1) is 6.92 Å². The van der Waals surface area contributed by atoms with Gasteiger partial charge in [0, 0.05) is 23.0 Å². The number of nitrogens with zero attached hydrogens (tertiary/aromatic N) is 1. The molecule has 0 atom stereocenters. The van der Waals surface area contributed by atoms with E-state index >= 15 is 0 Å². The second kappa shape index (κ2) is 5.90. The van der Waals surface area contributed by atoms with Crippen LogP contribution in [0.3, 0.4) is 0 Å². The van der Waals surface area contributed by atoms with Crippen LogP contribution in [-0.2, 0) is 10.0 Å². The number of rotatable bonds is 4. The van der Waals surface area contributed by atoms with Crippen molar-refractivity contribution in [2.45, 2.75) is 11.1 Å². The first-order valence-electron chi connectivity index (χ1n) is 6.64. The molecule has 0 bridgehead atoms. The van der Waals surface area contributed by atoms with Crippen LogP contribution >= 0.6 is 11.3 Å². The van der Waals surface area contributed by atoms with Gasteiger partial charge in [0.2, 0.25) is 0 Å². The molecule has 0 unspecified atom stereocenters. The molecule has 22 heavy (non-hydrogen) atoms. The summed E-state index contributed by atoms with van der Waals surface area (Å²) in [5, 5.41) is 0. The van der Waals surface area contributed by atoms with Crippen molar-refractivity contribution in [1.82, 2.24) is 4.98 Å². The number of hydrogen-bond donors (Lipinski definition) is 1. The molecule has 0 radical (unpaired) electrons. The maximum Gasteiger partial charge on any atom is 0.271 e. The molecular formula is C16H14N2O2S2. The third kappa shape index (κ3) is 3.18. The third-order valence-electron chi connectivity index (χ3n) is 3.11. The van der Waals surface area contributed by atoms with Crippen LogP contribution in [0.15, 0.2) is 65.1 Å². The number of sulfonamides is 1. The minimum atomic E-state index is -3.56. The SMILES string of the molecule is Cc1ccc(NS(=O)(=O)c2ccc(-c3ccncc3)s2)cc1. The van der Waals surface area contributed by atoms with Crippen molar-refractivity contribution in [2.75, 3.05) is 4.72 Å². The predicted octanol–water partition coefficient (Wildman–Crippen LogP) is 3.92. The lowest BCUT2D eigenvalue weighted by atomic mass is 10.2. The summed E-state index contributed by atoms with van der Waals surface area (Å²) in [6, 6.07) is 14.4. The molecule has 1 aromatic carbocycles. The number of anilines is 1. The molecule has 0 aliphatic heterocycles. The van der Waals surface area contributed by atoms with Crippen molar-refractivity contribution in [1.29, 1.82) is 0 Å². The van der Waals surface area contributed by atoms with Gasteiger partial charge in [0.15, 0.2) is 0 Å². The van der Waals surface area contributed by atoms with E-state index in [1.165, 1.54) is 11.3 Å². The summed E-state index contributed by atoms with van der Waals surface area (Å²) in [7, 11) is -3.56. The van der Waals surface area contributed by atoms with E-state index < -0.39 is 10.0 Å². The van der Waals surface area contributed by atoms with E-state index in [-0.39, 0.29) is 0 Å². The van der Waals surface area contributed by atoms with Gasteiger partial charge in [-0.25, -0.2) is 8.42 Å². The first kappa shape index (κ1) is 14.7. The second-order valence-electron chi connectivity index (χ2n) is 4.83. The maximum atomic E-state index is 12.4. The number of pyridine rings is 1. The minimum absolute atomic E-state index is 0.292. The molecule has 0 amide bonds. The smallest absolute Gasteiger partial charge is 0.271 e. The summed E-state index contributed by atoms with van der Waals surface area (Å²) in [6.07, 6.45) is 3.38. The lowest BCUT2D eigenvalue weighted by molar-refractivity contribution is 0.603. The van der Waals surface area contributed by atoms with Crippen LogP contribution in [0.5, 0.6) is 0 Å². The molecule has 6 heteroatoms. The normalized spacial score (nSPS) is 11.3. The zero-order valence-electron chi connectivity index (χ0n) is 11.9. The van der Waals surface area contributed by atoms with Crippen molar-refractivity contribution in [3.05, 3.63) is 66.5 Å². The molecular weight excluding hydrogens is 316 g/mol. The van der Waals surface area contributed by atoms with Crippen LogP contribution in [-0.4, -0.2) is 13.4 Å². The van der Waals surface area contributed by atoms with Crippen LogP contribution < -0.4 is 4.72 Å². The number of aryl methyl sites for hydroxylation is 1. The standard InChI is InChI=1S/C16H14N2O2S2/c1-12-2-4-14(5-3-12)18-22(19,20)16-7-6-15(21-16)13-8-10-17-11-9-13/h2-11,18H,1H3. The Morgan fingerprint density at radius 3 is 2.32 bits per heavy atom. The lowest BCUT2D eigenvalue weighted by Gasteiger charge is -2.06. The highest BCUT2D eigenvalue weighted by molar-refractivity contribution is 7.94. The first-order chi connectivity index (χ1) is 10.5.